The van der Waals surface area contributed by atoms with Crippen molar-refractivity contribution in [2.45, 2.75) is 51.6 Å². The van der Waals surface area contributed by atoms with Gasteiger partial charge in [0, 0.05) is 18.0 Å². The predicted molar refractivity (Wildman–Crippen MR) is 67.0 cm³/mol. The monoisotopic (exact) mass is 221 g/mol. The molecule has 0 radical (unpaired) electrons. The van der Waals surface area contributed by atoms with Crippen molar-refractivity contribution in [3.63, 3.8) is 0 Å². The van der Waals surface area contributed by atoms with Gasteiger partial charge in [-0.15, -0.1) is 0 Å². The van der Waals surface area contributed by atoms with Crippen molar-refractivity contribution in [3.8, 4) is 0 Å². The lowest BCUT2D eigenvalue weighted by Crippen LogP contribution is -2.69. The minimum atomic E-state index is 0.738. The van der Waals surface area contributed by atoms with E-state index in [2.05, 4.69) is 25.4 Å². The molecule has 1 spiro atoms. The van der Waals surface area contributed by atoms with E-state index in [1.54, 1.807) is 5.57 Å². The van der Waals surface area contributed by atoms with Gasteiger partial charge in [0.25, 0.3) is 0 Å². The highest BCUT2D eigenvalue weighted by Crippen LogP contribution is 2.43. The molecular formula is C14H25N2+. The smallest absolute Gasteiger partial charge is 0.101 e. The Morgan fingerprint density at radius 1 is 1.38 bits per heavy atom. The van der Waals surface area contributed by atoms with Gasteiger partial charge in [0.2, 0.25) is 0 Å². The number of nitrogens with zero attached hydrogens (tertiary/aromatic N) is 1. The lowest BCUT2D eigenvalue weighted by Gasteiger charge is -2.57. The van der Waals surface area contributed by atoms with Crippen molar-refractivity contribution in [2.24, 2.45) is 5.92 Å². The Labute approximate surface area is 99.3 Å². The molecule has 2 fully saturated rings. The summed E-state index contributed by atoms with van der Waals surface area (Å²) in [6.45, 7) is 8.76. The third-order valence-electron chi connectivity index (χ3n) is 5.23. The molecule has 0 aromatic heterocycles. The molecule has 3 aliphatic heterocycles. The van der Waals surface area contributed by atoms with Crippen molar-refractivity contribution >= 4 is 0 Å². The molecule has 3 heterocycles. The molecule has 2 nitrogen and oxygen atoms in total. The summed E-state index contributed by atoms with van der Waals surface area (Å²) in [6, 6.07) is 1.67. The minimum absolute atomic E-state index is 0.738. The van der Waals surface area contributed by atoms with Crippen molar-refractivity contribution in [3.05, 3.63) is 11.8 Å². The Morgan fingerprint density at radius 3 is 3.00 bits per heavy atom. The van der Waals surface area contributed by atoms with Crippen LogP contribution in [0.4, 0.5) is 0 Å². The Morgan fingerprint density at radius 2 is 2.25 bits per heavy atom. The largest absolute Gasteiger partial charge is 0.309 e. The van der Waals surface area contributed by atoms with Crippen LogP contribution >= 0.6 is 0 Å². The van der Waals surface area contributed by atoms with Crippen LogP contribution < -0.4 is 5.32 Å². The highest BCUT2D eigenvalue weighted by molar-refractivity contribution is 5.16. The standard InChI is InChI=1S/C14H25N2/c1-3-11-9-16(14(11)4-2)8-6-13-12(10-16)5-7-15-13/h10-11,13-15H,3-9H2,1-2H3/q+1. The van der Waals surface area contributed by atoms with Crippen LogP contribution in [0, 0.1) is 5.92 Å². The molecule has 0 bridgehead atoms. The van der Waals surface area contributed by atoms with Crippen LogP contribution in [0.1, 0.15) is 39.5 Å². The molecule has 0 aromatic rings. The number of rotatable bonds is 2. The maximum Gasteiger partial charge on any atom is 0.101 e. The first-order chi connectivity index (χ1) is 7.79. The first-order valence-electron chi connectivity index (χ1n) is 7.10. The molecule has 16 heavy (non-hydrogen) atoms. The molecule has 90 valence electrons. The normalized spacial score (nSPS) is 46.4. The van der Waals surface area contributed by atoms with E-state index < -0.39 is 0 Å². The van der Waals surface area contributed by atoms with E-state index in [0.717, 1.165) is 18.0 Å². The second kappa shape index (κ2) is 3.85. The molecule has 4 unspecified atom stereocenters. The van der Waals surface area contributed by atoms with Crippen LogP contribution in [0.15, 0.2) is 11.8 Å². The van der Waals surface area contributed by atoms with E-state index >= 15 is 0 Å². The number of fused-ring (bicyclic) bond motifs is 1. The second-order valence-electron chi connectivity index (χ2n) is 5.90. The zero-order valence-corrected chi connectivity index (χ0v) is 10.7. The van der Waals surface area contributed by atoms with E-state index in [1.165, 1.54) is 49.8 Å². The van der Waals surface area contributed by atoms with Crippen LogP contribution in [0.25, 0.3) is 0 Å². The lowest BCUT2D eigenvalue weighted by atomic mass is 9.79. The molecule has 0 aromatic carbocycles. The minimum Gasteiger partial charge on any atom is -0.309 e. The highest BCUT2D eigenvalue weighted by Gasteiger charge is 2.53. The summed E-state index contributed by atoms with van der Waals surface area (Å²) in [5.74, 6) is 0.993. The Kier molecular flexibility index (Phi) is 2.60. The third kappa shape index (κ3) is 1.39. The van der Waals surface area contributed by atoms with Gasteiger partial charge in [0.15, 0.2) is 0 Å². The summed E-state index contributed by atoms with van der Waals surface area (Å²) < 4.78 is 1.34. The number of quaternary nitrogens is 1. The molecule has 3 rings (SSSR count). The molecule has 1 N–H and O–H groups in total. The molecule has 2 heteroatoms. The maximum atomic E-state index is 3.62. The maximum absolute atomic E-state index is 3.62. The van der Waals surface area contributed by atoms with Gasteiger partial charge >= 0.3 is 0 Å². The zero-order valence-electron chi connectivity index (χ0n) is 10.7. The SMILES string of the molecule is CCC1C[N+]2(C=C3CCNC3CC2)C1CC. The van der Waals surface area contributed by atoms with Gasteiger partial charge in [-0.1, -0.05) is 13.8 Å². The predicted octanol–water partition coefficient (Wildman–Crippen LogP) is 2.27. The fourth-order valence-electron chi connectivity index (χ4n) is 4.38. The molecule has 4 atom stereocenters. The van der Waals surface area contributed by atoms with Gasteiger partial charge in [-0.05, 0) is 25.8 Å². The van der Waals surface area contributed by atoms with Gasteiger partial charge in [0.05, 0.1) is 25.2 Å². The zero-order chi connectivity index (χ0) is 11.2. The summed E-state index contributed by atoms with van der Waals surface area (Å²) in [5, 5.41) is 3.62. The summed E-state index contributed by atoms with van der Waals surface area (Å²) in [7, 11) is 0. The number of nitrogens with one attached hydrogen (secondary N) is 1. The first-order valence-corrected chi connectivity index (χ1v) is 7.10. The highest BCUT2D eigenvalue weighted by atomic mass is 15.4. The van der Waals surface area contributed by atoms with Crippen LogP contribution in [0.5, 0.6) is 0 Å². The van der Waals surface area contributed by atoms with Gasteiger partial charge in [0.1, 0.15) is 6.04 Å². The fraction of sp³-hybridized carbons (Fsp3) is 0.857. The van der Waals surface area contributed by atoms with Crippen molar-refractivity contribution in [2.75, 3.05) is 19.6 Å². The van der Waals surface area contributed by atoms with E-state index in [-0.39, 0.29) is 0 Å². The number of hydrogen-bond acceptors (Lipinski definition) is 1. The van der Waals surface area contributed by atoms with E-state index in [1.807, 2.05) is 0 Å². The average molecular weight is 221 g/mol. The van der Waals surface area contributed by atoms with Crippen molar-refractivity contribution in [1.29, 1.82) is 0 Å². The molecular weight excluding hydrogens is 196 g/mol. The Hall–Kier alpha value is -0.340. The topological polar surface area (TPSA) is 12.0 Å². The molecule has 0 saturated carbocycles. The second-order valence-corrected chi connectivity index (χ2v) is 5.90. The van der Waals surface area contributed by atoms with Gasteiger partial charge in [-0.2, -0.15) is 0 Å². The van der Waals surface area contributed by atoms with Crippen molar-refractivity contribution in [1.82, 2.24) is 5.32 Å². The van der Waals surface area contributed by atoms with Crippen LogP contribution in [-0.2, 0) is 0 Å². The molecule has 0 amide bonds. The van der Waals surface area contributed by atoms with E-state index in [0.29, 0.717) is 0 Å². The molecule has 2 saturated heterocycles. The van der Waals surface area contributed by atoms with Crippen LogP contribution in [0.3, 0.4) is 0 Å². The summed E-state index contributed by atoms with van der Waals surface area (Å²) in [5.41, 5.74) is 1.72. The van der Waals surface area contributed by atoms with Gasteiger partial charge in [-0.25, -0.2) is 0 Å². The van der Waals surface area contributed by atoms with Gasteiger partial charge in [-0.3, -0.25) is 4.48 Å². The third-order valence-corrected chi connectivity index (χ3v) is 5.23. The molecule has 3 aliphatic rings. The number of hydrogen-bond donors (Lipinski definition) is 1. The lowest BCUT2D eigenvalue weighted by molar-refractivity contribution is -0.959. The van der Waals surface area contributed by atoms with Crippen LogP contribution in [-0.4, -0.2) is 36.2 Å². The summed E-state index contributed by atoms with van der Waals surface area (Å²) in [4.78, 5) is 0. The summed E-state index contributed by atoms with van der Waals surface area (Å²) in [6.07, 6.45) is 8.06. The van der Waals surface area contributed by atoms with E-state index in [4.69, 9.17) is 0 Å². The first kappa shape index (κ1) is 10.8. The quantitative estimate of drug-likeness (QED) is 0.705. The van der Waals surface area contributed by atoms with Gasteiger partial charge < -0.3 is 5.32 Å². The van der Waals surface area contributed by atoms with E-state index in [9.17, 15) is 0 Å². The Bertz CT molecular complexity index is 310. The fourth-order valence-corrected chi connectivity index (χ4v) is 4.38. The molecule has 0 aliphatic carbocycles. The van der Waals surface area contributed by atoms with Crippen LogP contribution in [0.2, 0.25) is 0 Å². The van der Waals surface area contributed by atoms with Crippen molar-refractivity contribution < 1.29 is 4.48 Å². The average Bonchev–Trinajstić information content (AvgIpc) is 2.73. The summed E-state index contributed by atoms with van der Waals surface area (Å²) >= 11 is 0. The Balaban J connectivity index is 1.82.